The summed E-state index contributed by atoms with van der Waals surface area (Å²) in [7, 11) is 0. The van der Waals surface area contributed by atoms with Crippen LogP contribution in [0, 0.1) is 5.92 Å². The molecule has 0 bridgehead atoms. The molecule has 0 radical (unpaired) electrons. The van der Waals surface area contributed by atoms with Crippen LogP contribution in [0.3, 0.4) is 0 Å². The minimum absolute atomic E-state index is 0.344. The number of fused-ring (bicyclic) bond motifs is 1. The number of amides is 1. The van der Waals surface area contributed by atoms with Gasteiger partial charge in [-0.2, -0.15) is 0 Å². The number of likely N-dealkylation sites (tertiary alicyclic amines) is 1. The van der Waals surface area contributed by atoms with E-state index in [1.54, 1.807) is 0 Å². The molecule has 21 heavy (non-hydrogen) atoms. The predicted molar refractivity (Wildman–Crippen MR) is 84.6 cm³/mol. The predicted octanol–water partition coefficient (Wildman–Crippen LogP) is 3.94. The largest absolute Gasteiger partial charge is 0.358 e. The van der Waals surface area contributed by atoms with Crippen molar-refractivity contribution in [2.75, 3.05) is 13.1 Å². The third kappa shape index (κ3) is 2.55. The molecule has 2 aliphatic rings. The highest BCUT2D eigenvalue weighted by molar-refractivity contribution is 6.31. The number of aromatic amines is 1. The summed E-state index contributed by atoms with van der Waals surface area (Å²) in [6.45, 7) is 1.80. The second-order valence-corrected chi connectivity index (χ2v) is 6.77. The molecule has 1 N–H and O–H groups in total. The number of H-pyrrole nitrogens is 1. The van der Waals surface area contributed by atoms with Crippen molar-refractivity contribution in [2.45, 2.75) is 31.6 Å². The van der Waals surface area contributed by atoms with Crippen molar-refractivity contribution in [1.82, 2.24) is 9.88 Å². The highest BCUT2D eigenvalue weighted by Crippen LogP contribution is 2.35. The number of hydrogen-bond donors (Lipinski definition) is 1. The average molecular weight is 303 g/mol. The van der Waals surface area contributed by atoms with Crippen LogP contribution in [0.15, 0.2) is 24.3 Å². The molecule has 2 aromatic rings. The van der Waals surface area contributed by atoms with Gasteiger partial charge in [0.1, 0.15) is 0 Å². The van der Waals surface area contributed by atoms with E-state index >= 15 is 0 Å². The quantitative estimate of drug-likeness (QED) is 0.896. The maximum atomic E-state index is 12.1. The van der Waals surface area contributed by atoms with Crippen molar-refractivity contribution >= 4 is 28.4 Å². The van der Waals surface area contributed by atoms with Crippen LogP contribution in [0.2, 0.25) is 5.02 Å². The number of benzene rings is 1. The van der Waals surface area contributed by atoms with E-state index in [4.69, 9.17) is 11.6 Å². The highest BCUT2D eigenvalue weighted by Gasteiger charge is 2.35. The van der Waals surface area contributed by atoms with Crippen molar-refractivity contribution in [3.8, 4) is 0 Å². The van der Waals surface area contributed by atoms with Crippen LogP contribution in [-0.2, 0) is 4.79 Å². The zero-order valence-corrected chi connectivity index (χ0v) is 12.7. The normalized spacial score (nSPS) is 20.1. The Morgan fingerprint density at radius 3 is 2.62 bits per heavy atom. The summed E-state index contributed by atoms with van der Waals surface area (Å²) in [5.41, 5.74) is 2.43. The van der Waals surface area contributed by atoms with E-state index in [0.717, 1.165) is 49.3 Å². The lowest BCUT2D eigenvalue weighted by Crippen LogP contribution is -2.38. The van der Waals surface area contributed by atoms with Crippen LogP contribution in [0.25, 0.3) is 10.9 Å². The van der Waals surface area contributed by atoms with Gasteiger partial charge in [-0.1, -0.05) is 11.6 Å². The van der Waals surface area contributed by atoms with Gasteiger partial charge in [-0.25, -0.2) is 0 Å². The number of carbonyl (C=O) groups is 1. The first-order chi connectivity index (χ1) is 10.2. The first kappa shape index (κ1) is 13.2. The molecule has 1 aliphatic carbocycles. The molecule has 1 amide bonds. The van der Waals surface area contributed by atoms with Crippen molar-refractivity contribution < 1.29 is 4.79 Å². The minimum atomic E-state index is 0.344. The summed E-state index contributed by atoms with van der Waals surface area (Å²) in [6, 6.07) is 8.17. The summed E-state index contributed by atoms with van der Waals surface area (Å²) in [6.07, 6.45) is 4.31. The molecule has 2 heterocycles. The molecule has 0 atom stereocenters. The molecule has 0 unspecified atom stereocenters. The molecule has 1 aliphatic heterocycles. The van der Waals surface area contributed by atoms with Crippen molar-refractivity contribution in [3.63, 3.8) is 0 Å². The topological polar surface area (TPSA) is 36.1 Å². The van der Waals surface area contributed by atoms with Crippen LogP contribution in [-0.4, -0.2) is 28.9 Å². The summed E-state index contributed by atoms with van der Waals surface area (Å²) >= 11 is 6.05. The van der Waals surface area contributed by atoms with Gasteiger partial charge >= 0.3 is 0 Å². The van der Waals surface area contributed by atoms with Crippen molar-refractivity contribution in [2.24, 2.45) is 5.92 Å². The van der Waals surface area contributed by atoms with Gasteiger partial charge in [0.05, 0.1) is 0 Å². The van der Waals surface area contributed by atoms with Crippen molar-refractivity contribution in [1.29, 1.82) is 0 Å². The Hall–Kier alpha value is -1.48. The zero-order chi connectivity index (χ0) is 14.4. The summed E-state index contributed by atoms with van der Waals surface area (Å²) < 4.78 is 0. The maximum Gasteiger partial charge on any atom is 0.225 e. The fourth-order valence-electron chi connectivity index (χ4n) is 3.35. The zero-order valence-electron chi connectivity index (χ0n) is 11.9. The smallest absolute Gasteiger partial charge is 0.225 e. The Balaban J connectivity index is 1.48. The van der Waals surface area contributed by atoms with E-state index in [2.05, 4.69) is 16.0 Å². The lowest BCUT2D eigenvalue weighted by atomic mass is 9.93. The Morgan fingerprint density at radius 2 is 1.90 bits per heavy atom. The van der Waals surface area contributed by atoms with Crippen LogP contribution in [0.4, 0.5) is 0 Å². The molecule has 4 heteroatoms. The average Bonchev–Trinajstić information content (AvgIpc) is 3.26. The molecule has 110 valence electrons. The molecular weight excluding hydrogens is 284 g/mol. The number of rotatable bonds is 2. The van der Waals surface area contributed by atoms with E-state index in [0.29, 0.717) is 17.7 Å². The van der Waals surface area contributed by atoms with Gasteiger partial charge in [0.25, 0.3) is 0 Å². The molecule has 1 saturated carbocycles. The Labute approximate surface area is 129 Å². The Kier molecular flexibility index (Phi) is 3.18. The molecule has 3 nitrogen and oxygen atoms in total. The van der Waals surface area contributed by atoms with Crippen LogP contribution in [0.1, 0.15) is 37.3 Å². The maximum absolute atomic E-state index is 12.1. The molecular formula is C17H19ClN2O. The lowest BCUT2D eigenvalue weighted by molar-refractivity contribution is -0.133. The van der Waals surface area contributed by atoms with E-state index in [9.17, 15) is 4.79 Å². The first-order valence-corrected chi connectivity index (χ1v) is 8.15. The molecule has 1 saturated heterocycles. The summed E-state index contributed by atoms with van der Waals surface area (Å²) in [5.74, 6) is 1.26. The number of aromatic nitrogens is 1. The third-order valence-corrected chi connectivity index (χ3v) is 5.01. The number of hydrogen-bond acceptors (Lipinski definition) is 1. The monoisotopic (exact) mass is 302 g/mol. The summed E-state index contributed by atoms with van der Waals surface area (Å²) in [5, 5.41) is 1.95. The molecule has 4 rings (SSSR count). The van der Waals surface area contributed by atoms with E-state index in [1.165, 1.54) is 11.1 Å². The third-order valence-electron chi connectivity index (χ3n) is 4.78. The van der Waals surface area contributed by atoms with Crippen LogP contribution < -0.4 is 0 Å². The second-order valence-electron chi connectivity index (χ2n) is 6.33. The second kappa shape index (κ2) is 5.06. The number of carbonyl (C=O) groups excluding carboxylic acids is 1. The van der Waals surface area contributed by atoms with Gasteiger partial charge < -0.3 is 9.88 Å². The molecule has 0 spiro atoms. The van der Waals surface area contributed by atoms with Gasteiger partial charge in [0.2, 0.25) is 5.91 Å². The van der Waals surface area contributed by atoms with E-state index in [-0.39, 0.29) is 0 Å². The first-order valence-electron chi connectivity index (χ1n) is 7.77. The molecule has 1 aromatic heterocycles. The fourth-order valence-corrected chi connectivity index (χ4v) is 3.53. The van der Waals surface area contributed by atoms with E-state index < -0.39 is 0 Å². The van der Waals surface area contributed by atoms with Crippen molar-refractivity contribution in [3.05, 3.63) is 35.0 Å². The number of halogens is 1. The Morgan fingerprint density at radius 1 is 1.14 bits per heavy atom. The van der Waals surface area contributed by atoms with Crippen LogP contribution >= 0.6 is 11.6 Å². The van der Waals surface area contributed by atoms with Gasteiger partial charge in [-0.3, -0.25) is 4.79 Å². The summed E-state index contributed by atoms with van der Waals surface area (Å²) in [4.78, 5) is 17.7. The van der Waals surface area contributed by atoms with Gasteiger partial charge in [0, 0.05) is 46.5 Å². The highest BCUT2D eigenvalue weighted by atomic mass is 35.5. The SMILES string of the molecule is O=C(C1CC1)N1CCC(c2cc3cc(Cl)ccc3[nH]2)CC1. The number of nitrogens with one attached hydrogen (secondary N) is 1. The molecule has 2 fully saturated rings. The van der Waals surface area contributed by atoms with E-state index in [1.807, 2.05) is 18.2 Å². The minimum Gasteiger partial charge on any atom is -0.358 e. The lowest BCUT2D eigenvalue weighted by Gasteiger charge is -2.31. The number of piperidine rings is 1. The fraction of sp³-hybridized carbons (Fsp3) is 0.471. The molecule has 1 aromatic carbocycles. The van der Waals surface area contributed by atoms with Gasteiger partial charge in [0.15, 0.2) is 0 Å². The standard InChI is InChI=1S/C17H19ClN2O/c18-14-3-4-15-13(9-14)10-16(19-15)11-5-7-20(8-6-11)17(21)12-1-2-12/h3-4,9-12,19H,1-2,5-8H2. The van der Waals surface area contributed by atoms with Gasteiger partial charge in [-0.15, -0.1) is 0 Å². The van der Waals surface area contributed by atoms with Gasteiger partial charge in [-0.05, 0) is 49.9 Å². The Bertz CT molecular complexity index is 681. The number of nitrogens with zero attached hydrogens (tertiary/aromatic N) is 1. The van der Waals surface area contributed by atoms with Crippen LogP contribution in [0.5, 0.6) is 0 Å².